The number of imide groups is 1. The fourth-order valence-corrected chi connectivity index (χ4v) is 2.67. The highest BCUT2D eigenvalue weighted by molar-refractivity contribution is 6.06. The topological polar surface area (TPSA) is 78.5 Å². The van der Waals surface area contributed by atoms with Crippen molar-refractivity contribution in [3.63, 3.8) is 0 Å². The van der Waals surface area contributed by atoms with Crippen LogP contribution in [-0.2, 0) is 15.0 Å². The minimum Gasteiger partial charge on any atom is -0.355 e. The highest BCUT2D eigenvalue weighted by Crippen LogP contribution is 2.23. The molecule has 1 aliphatic heterocycles. The molecule has 0 unspecified atom stereocenters. The van der Waals surface area contributed by atoms with Crippen molar-refractivity contribution in [2.24, 2.45) is 0 Å². The third-order valence-corrected chi connectivity index (χ3v) is 4.35. The number of hydrogen-bond donors (Lipinski definition) is 2. The van der Waals surface area contributed by atoms with Crippen LogP contribution in [0, 0.1) is 0 Å². The lowest BCUT2D eigenvalue weighted by atomic mass is 9.84. The van der Waals surface area contributed by atoms with Crippen molar-refractivity contribution in [3.8, 4) is 0 Å². The highest BCUT2D eigenvalue weighted by atomic mass is 16.2. The van der Waals surface area contributed by atoms with Crippen LogP contribution >= 0.6 is 0 Å². The van der Waals surface area contributed by atoms with Crippen LogP contribution in [0.5, 0.6) is 0 Å². The molecule has 1 aromatic carbocycles. The molecular formula is C18H25N3O3. The SMILES string of the molecule is CC1(C)NC(=O)N(CCCNC(=O)C(C)(C)c2ccccc2)C1=O. The molecule has 1 aromatic rings. The molecule has 1 aliphatic rings. The van der Waals surface area contributed by atoms with E-state index in [0.29, 0.717) is 19.5 Å². The largest absolute Gasteiger partial charge is 0.355 e. The van der Waals surface area contributed by atoms with Gasteiger partial charge < -0.3 is 10.6 Å². The molecule has 2 N–H and O–H groups in total. The zero-order valence-electron chi connectivity index (χ0n) is 14.7. The first-order valence-electron chi connectivity index (χ1n) is 8.14. The molecule has 0 spiro atoms. The molecule has 130 valence electrons. The highest BCUT2D eigenvalue weighted by Gasteiger charge is 2.43. The first-order valence-corrected chi connectivity index (χ1v) is 8.14. The second kappa shape index (κ2) is 6.63. The van der Waals surface area contributed by atoms with E-state index in [4.69, 9.17) is 0 Å². The Bertz CT molecular complexity index is 638. The minimum atomic E-state index is -0.852. The molecule has 0 saturated carbocycles. The average Bonchev–Trinajstić information content (AvgIpc) is 2.73. The van der Waals surface area contributed by atoms with E-state index >= 15 is 0 Å². The Labute approximate surface area is 142 Å². The smallest absolute Gasteiger partial charge is 0.325 e. The fourth-order valence-electron chi connectivity index (χ4n) is 2.67. The lowest BCUT2D eigenvalue weighted by molar-refractivity contribution is -0.130. The number of nitrogens with one attached hydrogen (secondary N) is 2. The van der Waals surface area contributed by atoms with Gasteiger partial charge in [0.25, 0.3) is 5.91 Å². The maximum atomic E-state index is 12.4. The third-order valence-electron chi connectivity index (χ3n) is 4.35. The van der Waals surface area contributed by atoms with Crippen LogP contribution in [0.1, 0.15) is 39.7 Å². The van der Waals surface area contributed by atoms with Gasteiger partial charge in [0.1, 0.15) is 5.54 Å². The predicted octanol–water partition coefficient (Wildman–Crippen LogP) is 1.80. The molecule has 0 radical (unpaired) electrons. The zero-order chi connectivity index (χ0) is 18.0. The van der Waals surface area contributed by atoms with E-state index < -0.39 is 11.0 Å². The Kier molecular flexibility index (Phi) is 4.96. The summed E-state index contributed by atoms with van der Waals surface area (Å²) in [5.41, 5.74) is -0.543. The number of hydrogen-bond acceptors (Lipinski definition) is 3. The van der Waals surface area contributed by atoms with E-state index in [1.807, 2.05) is 44.2 Å². The van der Waals surface area contributed by atoms with Crippen molar-refractivity contribution in [1.29, 1.82) is 0 Å². The third kappa shape index (κ3) is 3.58. The average molecular weight is 331 g/mol. The Balaban J connectivity index is 1.83. The molecule has 2 rings (SSSR count). The van der Waals surface area contributed by atoms with Gasteiger partial charge in [-0.2, -0.15) is 0 Å². The van der Waals surface area contributed by atoms with Crippen molar-refractivity contribution in [2.45, 2.75) is 45.1 Å². The summed E-state index contributed by atoms with van der Waals surface area (Å²) in [5.74, 6) is -0.310. The van der Waals surface area contributed by atoms with Gasteiger partial charge in [-0.25, -0.2) is 4.79 Å². The Morgan fingerprint density at radius 3 is 2.38 bits per heavy atom. The molecule has 1 fully saturated rings. The number of benzene rings is 1. The molecule has 6 heteroatoms. The molecular weight excluding hydrogens is 306 g/mol. The summed E-state index contributed by atoms with van der Waals surface area (Å²) in [4.78, 5) is 37.5. The summed E-state index contributed by atoms with van der Waals surface area (Å²) in [6.45, 7) is 7.80. The monoisotopic (exact) mass is 331 g/mol. The summed E-state index contributed by atoms with van der Waals surface area (Å²) >= 11 is 0. The summed E-state index contributed by atoms with van der Waals surface area (Å²) < 4.78 is 0. The van der Waals surface area contributed by atoms with Crippen LogP contribution in [0.3, 0.4) is 0 Å². The lowest BCUT2D eigenvalue weighted by Gasteiger charge is -2.24. The van der Waals surface area contributed by atoms with E-state index in [1.165, 1.54) is 4.90 Å². The maximum Gasteiger partial charge on any atom is 0.325 e. The number of urea groups is 1. The molecule has 6 nitrogen and oxygen atoms in total. The van der Waals surface area contributed by atoms with Gasteiger partial charge in [0.15, 0.2) is 0 Å². The molecule has 1 heterocycles. The van der Waals surface area contributed by atoms with E-state index in [0.717, 1.165) is 5.56 Å². The maximum absolute atomic E-state index is 12.4. The summed E-state index contributed by atoms with van der Waals surface area (Å²) in [6.07, 6.45) is 0.520. The molecule has 0 aliphatic carbocycles. The molecule has 1 saturated heterocycles. The van der Waals surface area contributed by atoms with Crippen LogP contribution < -0.4 is 10.6 Å². The normalized spacial score (nSPS) is 16.9. The van der Waals surface area contributed by atoms with E-state index in [9.17, 15) is 14.4 Å². The Hall–Kier alpha value is -2.37. The van der Waals surface area contributed by atoms with Crippen LogP contribution in [0.2, 0.25) is 0 Å². The second-order valence-electron chi connectivity index (χ2n) is 7.11. The summed E-state index contributed by atoms with van der Waals surface area (Å²) in [7, 11) is 0. The van der Waals surface area contributed by atoms with Crippen molar-refractivity contribution >= 4 is 17.8 Å². The zero-order valence-corrected chi connectivity index (χ0v) is 14.7. The van der Waals surface area contributed by atoms with Crippen LogP contribution in [0.25, 0.3) is 0 Å². The molecule has 24 heavy (non-hydrogen) atoms. The van der Waals surface area contributed by atoms with E-state index in [1.54, 1.807) is 13.8 Å². The summed E-state index contributed by atoms with van der Waals surface area (Å²) in [6, 6.07) is 9.20. The number of rotatable bonds is 6. The first kappa shape index (κ1) is 18.0. The number of nitrogens with zero attached hydrogens (tertiary/aromatic N) is 1. The van der Waals surface area contributed by atoms with Crippen molar-refractivity contribution < 1.29 is 14.4 Å². The van der Waals surface area contributed by atoms with Crippen molar-refractivity contribution in [3.05, 3.63) is 35.9 Å². The van der Waals surface area contributed by atoms with Gasteiger partial charge in [-0.3, -0.25) is 14.5 Å². The standard InChI is InChI=1S/C18H25N3O3/c1-17(2,13-9-6-5-7-10-13)14(22)19-11-8-12-21-15(23)18(3,4)20-16(21)24/h5-7,9-10H,8,11-12H2,1-4H3,(H,19,22)(H,20,24). The van der Waals surface area contributed by atoms with Gasteiger partial charge in [-0.05, 0) is 39.7 Å². The van der Waals surface area contributed by atoms with Gasteiger partial charge in [-0.1, -0.05) is 30.3 Å². The van der Waals surface area contributed by atoms with Crippen LogP contribution in [-0.4, -0.2) is 41.4 Å². The molecule has 0 atom stereocenters. The molecule has 0 aromatic heterocycles. The fraction of sp³-hybridized carbons (Fsp3) is 0.500. The van der Waals surface area contributed by atoms with E-state index in [2.05, 4.69) is 10.6 Å². The van der Waals surface area contributed by atoms with Gasteiger partial charge >= 0.3 is 6.03 Å². The quantitative estimate of drug-likeness (QED) is 0.616. The van der Waals surface area contributed by atoms with Gasteiger partial charge in [0, 0.05) is 13.1 Å². The Morgan fingerprint density at radius 1 is 1.21 bits per heavy atom. The van der Waals surface area contributed by atoms with Crippen LogP contribution in [0.15, 0.2) is 30.3 Å². The Morgan fingerprint density at radius 2 is 1.83 bits per heavy atom. The van der Waals surface area contributed by atoms with Gasteiger partial charge in [0.2, 0.25) is 5.91 Å². The summed E-state index contributed by atoms with van der Waals surface area (Å²) in [5, 5.41) is 5.53. The van der Waals surface area contributed by atoms with Gasteiger partial charge in [0.05, 0.1) is 5.41 Å². The van der Waals surface area contributed by atoms with E-state index in [-0.39, 0.29) is 17.8 Å². The number of carbonyl (C=O) groups is 3. The second-order valence-corrected chi connectivity index (χ2v) is 7.11. The first-order chi connectivity index (χ1) is 11.2. The van der Waals surface area contributed by atoms with Gasteiger partial charge in [-0.15, -0.1) is 0 Å². The van der Waals surface area contributed by atoms with Crippen molar-refractivity contribution in [2.75, 3.05) is 13.1 Å². The molecule has 0 bridgehead atoms. The van der Waals surface area contributed by atoms with Crippen molar-refractivity contribution in [1.82, 2.24) is 15.5 Å². The number of amides is 4. The lowest BCUT2D eigenvalue weighted by Crippen LogP contribution is -2.42. The molecule has 4 amide bonds. The predicted molar refractivity (Wildman–Crippen MR) is 91.4 cm³/mol. The van der Waals surface area contributed by atoms with Crippen LogP contribution in [0.4, 0.5) is 4.79 Å². The number of carbonyl (C=O) groups excluding carboxylic acids is 3. The minimum absolute atomic E-state index is 0.0776.